The highest BCUT2D eigenvalue weighted by Crippen LogP contribution is 2.18. The van der Waals surface area contributed by atoms with E-state index < -0.39 is 0 Å². The van der Waals surface area contributed by atoms with Gasteiger partial charge in [0.05, 0.1) is 19.3 Å². The number of hydrogen-bond acceptors (Lipinski definition) is 3. The predicted octanol–water partition coefficient (Wildman–Crippen LogP) is 2.75. The van der Waals surface area contributed by atoms with Gasteiger partial charge in [0.2, 0.25) is 0 Å². The summed E-state index contributed by atoms with van der Waals surface area (Å²) in [4.78, 5) is 0. The maximum absolute atomic E-state index is 5.85. The van der Waals surface area contributed by atoms with Gasteiger partial charge < -0.3 is 14.8 Å². The second kappa shape index (κ2) is 7.04. The normalized spacial score (nSPS) is 28.0. The lowest BCUT2D eigenvalue weighted by Crippen LogP contribution is -2.44. The zero-order valence-electron chi connectivity index (χ0n) is 12.0. The van der Waals surface area contributed by atoms with Crippen LogP contribution in [0, 0.1) is 0 Å². The monoisotopic (exact) mass is 263 g/mol. The molecule has 0 saturated carbocycles. The van der Waals surface area contributed by atoms with Gasteiger partial charge in [0, 0.05) is 18.7 Å². The topological polar surface area (TPSA) is 30.5 Å². The first-order chi connectivity index (χ1) is 9.22. The molecule has 19 heavy (non-hydrogen) atoms. The summed E-state index contributed by atoms with van der Waals surface area (Å²) in [6.45, 7) is 7.49. The van der Waals surface area contributed by atoms with Crippen molar-refractivity contribution in [1.82, 2.24) is 5.32 Å². The number of benzene rings is 1. The number of ether oxygens (including phenoxy) is 2. The lowest BCUT2D eigenvalue weighted by Gasteiger charge is -2.27. The predicted molar refractivity (Wildman–Crippen MR) is 77.2 cm³/mol. The molecule has 0 spiro atoms. The van der Waals surface area contributed by atoms with Crippen LogP contribution >= 0.6 is 0 Å². The van der Waals surface area contributed by atoms with Gasteiger partial charge in [0.1, 0.15) is 0 Å². The molecule has 1 fully saturated rings. The molecule has 0 aromatic heterocycles. The van der Waals surface area contributed by atoms with Crippen LogP contribution in [0.1, 0.15) is 32.3 Å². The summed E-state index contributed by atoms with van der Waals surface area (Å²) in [5, 5.41) is 3.60. The van der Waals surface area contributed by atoms with Gasteiger partial charge in [0.25, 0.3) is 0 Å². The van der Waals surface area contributed by atoms with Crippen LogP contribution in [0.2, 0.25) is 0 Å². The summed E-state index contributed by atoms with van der Waals surface area (Å²) in [7, 11) is 0. The van der Waals surface area contributed by atoms with Gasteiger partial charge in [0.15, 0.2) is 0 Å². The minimum Gasteiger partial charge on any atom is -0.374 e. The van der Waals surface area contributed by atoms with E-state index in [1.54, 1.807) is 0 Å². The van der Waals surface area contributed by atoms with Crippen molar-refractivity contribution in [1.29, 1.82) is 0 Å². The van der Waals surface area contributed by atoms with E-state index in [1.807, 2.05) is 18.2 Å². The van der Waals surface area contributed by atoms with Gasteiger partial charge in [-0.3, -0.25) is 0 Å². The van der Waals surface area contributed by atoms with Crippen LogP contribution in [0.5, 0.6) is 0 Å². The molecule has 2 atom stereocenters. The lowest BCUT2D eigenvalue weighted by atomic mass is 9.95. The van der Waals surface area contributed by atoms with Crippen LogP contribution in [0.3, 0.4) is 0 Å². The highest BCUT2D eigenvalue weighted by atomic mass is 16.5. The Bertz CT molecular complexity index is 368. The van der Waals surface area contributed by atoms with E-state index in [1.165, 1.54) is 5.56 Å². The van der Waals surface area contributed by atoms with Gasteiger partial charge in [-0.2, -0.15) is 0 Å². The Morgan fingerprint density at radius 3 is 2.89 bits per heavy atom. The standard InChI is InChI=1S/C16H25NO2/c1-3-16(2)9-10-19-15(11-17-16)13-18-12-14-7-5-4-6-8-14/h4-8,15,17H,3,9-13H2,1-2H3. The van der Waals surface area contributed by atoms with E-state index in [-0.39, 0.29) is 11.6 Å². The first-order valence-corrected chi connectivity index (χ1v) is 7.20. The number of hydrogen-bond donors (Lipinski definition) is 1. The van der Waals surface area contributed by atoms with Gasteiger partial charge in [-0.25, -0.2) is 0 Å². The molecule has 1 aliphatic heterocycles. The first kappa shape index (κ1) is 14.5. The zero-order chi connectivity index (χ0) is 13.6. The smallest absolute Gasteiger partial charge is 0.0932 e. The minimum atomic E-state index is 0.164. The molecule has 1 heterocycles. The molecule has 0 radical (unpaired) electrons. The molecule has 0 amide bonds. The molecule has 106 valence electrons. The van der Waals surface area contributed by atoms with Crippen molar-refractivity contribution in [3.63, 3.8) is 0 Å². The van der Waals surface area contributed by atoms with Crippen LogP contribution in [0.25, 0.3) is 0 Å². The fourth-order valence-corrected chi connectivity index (χ4v) is 2.25. The minimum absolute atomic E-state index is 0.164. The van der Waals surface area contributed by atoms with Crippen molar-refractivity contribution >= 4 is 0 Å². The molecule has 1 aromatic carbocycles. The second-order valence-corrected chi connectivity index (χ2v) is 5.54. The van der Waals surface area contributed by atoms with E-state index in [4.69, 9.17) is 9.47 Å². The van der Waals surface area contributed by atoms with Crippen LogP contribution in [-0.4, -0.2) is 31.4 Å². The third-order valence-corrected chi connectivity index (χ3v) is 3.96. The summed E-state index contributed by atoms with van der Waals surface area (Å²) in [5.74, 6) is 0. The summed E-state index contributed by atoms with van der Waals surface area (Å²) < 4.78 is 11.6. The maximum atomic E-state index is 5.85. The van der Waals surface area contributed by atoms with Crippen molar-refractivity contribution in [2.75, 3.05) is 19.8 Å². The quantitative estimate of drug-likeness (QED) is 0.886. The van der Waals surface area contributed by atoms with Crippen molar-refractivity contribution in [2.24, 2.45) is 0 Å². The van der Waals surface area contributed by atoms with Gasteiger partial charge in [-0.05, 0) is 25.3 Å². The highest BCUT2D eigenvalue weighted by Gasteiger charge is 2.26. The summed E-state index contributed by atoms with van der Waals surface area (Å²) >= 11 is 0. The Hall–Kier alpha value is -0.900. The SMILES string of the molecule is CCC1(C)CCOC(COCc2ccccc2)CN1. The Kier molecular flexibility index (Phi) is 5.37. The van der Waals surface area contributed by atoms with Crippen LogP contribution in [0.15, 0.2) is 30.3 Å². The Morgan fingerprint density at radius 1 is 1.37 bits per heavy atom. The fraction of sp³-hybridized carbons (Fsp3) is 0.625. The van der Waals surface area contributed by atoms with Crippen LogP contribution < -0.4 is 5.32 Å². The van der Waals surface area contributed by atoms with E-state index in [2.05, 4.69) is 31.3 Å². The molecule has 1 N–H and O–H groups in total. The third-order valence-electron chi connectivity index (χ3n) is 3.96. The van der Waals surface area contributed by atoms with Crippen molar-refractivity contribution in [3.05, 3.63) is 35.9 Å². The Labute approximate surface area is 116 Å². The molecule has 3 nitrogen and oxygen atoms in total. The molecule has 1 aliphatic rings. The highest BCUT2D eigenvalue weighted by molar-refractivity contribution is 5.13. The van der Waals surface area contributed by atoms with Crippen LogP contribution in [0.4, 0.5) is 0 Å². The largest absolute Gasteiger partial charge is 0.374 e. The van der Waals surface area contributed by atoms with E-state index in [0.29, 0.717) is 13.2 Å². The Morgan fingerprint density at radius 2 is 2.16 bits per heavy atom. The summed E-state index contributed by atoms with van der Waals surface area (Å²) in [6, 6.07) is 10.3. The lowest BCUT2D eigenvalue weighted by molar-refractivity contribution is -0.0129. The van der Waals surface area contributed by atoms with Crippen LogP contribution in [-0.2, 0) is 16.1 Å². The molecular formula is C16H25NO2. The third kappa shape index (κ3) is 4.60. The Balaban J connectivity index is 1.72. The number of nitrogens with one attached hydrogen (secondary N) is 1. The zero-order valence-corrected chi connectivity index (χ0v) is 12.0. The maximum Gasteiger partial charge on any atom is 0.0932 e. The van der Waals surface area contributed by atoms with Crippen molar-refractivity contribution in [3.8, 4) is 0 Å². The molecule has 3 heteroatoms. The molecule has 0 bridgehead atoms. The van der Waals surface area contributed by atoms with Crippen molar-refractivity contribution < 1.29 is 9.47 Å². The van der Waals surface area contributed by atoms with E-state index in [0.717, 1.165) is 26.0 Å². The van der Waals surface area contributed by atoms with Crippen molar-refractivity contribution in [2.45, 2.75) is 44.9 Å². The fourth-order valence-electron chi connectivity index (χ4n) is 2.25. The second-order valence-electron chi connectivity index (χ2n) is 5.54. The van der Waals surface area contributed by atoms with E-state index >= 15 is 0 Å². The molecule has 2 rings (SSSR count). The average molecular weight is 263 g/mol. The number of rotatable bonds is 5. The van der Waals surface area contributed by atoms with Gasteiger partial charge >= 0.3 is 0 Å². The van der Waals surface area contributed by atoms with Gasteiger partial charge in [-0.1, -0.05) is 37.3 Å². The first-order valence-electron chi connectivity index (χ1n) is 7.20. The summed E-state index contributed by atoms with van der Waals surface area (Å²) in [5.41, 5.74) is 1.43. The van der Waals surface area contributed by atoms with E-state index in [9.17, 15) is 0 Å². The molecule has 1 aromatic rings. The summed E-state index contributed by atoms with van der Waals surface area (Å²) in [6.07, 6.45) is 2.36. The molecule has 1 saturated heterocycles. The molecule has 2 unspecified atom stereocenters. The van der Waals surface area contributed by atoms with Gasteiger partial charge in [-0.15, -0.1) is 0 Å². The molecule has 0 aliphatic carbocycles. The molecular weight excluding hydrogens is 238 g/mol. The average Bonchev–Trinajstić information content (AvgIpc) is 2.63.